The maximum atomic E-state index is 12.8. The predicted molar refractivity (Wildman–Crippen MR) is 321 cm³/mol. The average Bonchev–Trinajstić information content (AvgIpc) is 3.37. The lowest BCUT2D eigenvalue weighted by Crippen LogP contribution is -2.37. The Morgan fingerprint density at radius 2 is 0.680 bits per heavy atom. The van der Waals surface area contributed by atoms with Gasteiger partial charge in [-0.15, -0.1) is 0 Å². The topological polar surface area (TPSA) is 108 Å². The Morgan fingerprint density at radius 3 is 0.987 bits per heavy atom. The third kappa shape index (κ3) is 61.8. The molecule has 9 nitrogen and oxygen atoms in total. The summed E-state index contributed by atoms with van der Waals surface area (Å²) in [5.74, 6) is -0.780. The molecule has 0 heterocycles. The fourth-order valence-corrected chi connectivity index (χ4v) is 10.7. The molecule has 1 N–H and O–H groups in total. The third-order valence-corrected chi connectivity index (χ3v) is 16.0. The summed E-state index contributed by atoms with van der Waals surface area (Å²) in [6.45, 7) is 4.47. The van der Waals surface area contributed by atoms with Gasteiger partial charge in [0.05, 0.1) is 27.7 Å². The minimum Gasteiger partial charge on any atom is -0.462 e. The molecule has 0 rings (SSSR count). The minimum atomic E-state index is -4.37. The molecule has 0 aliphatic heterocycles. The Kier molecular flexibility index (Phi) is 56.5. The molecule has 2 atom stereocenters. The number of phosphoric ester groups is 1. The summed E-state index contributed by atoms with van der Waals surface area (Å²) in [4.78, 5) is 35.5. The molecular weight excluding hydrogens is 954 g/mol. The smallest absolute Gasteiger partial charge is 0.462 e. The number of carbonyl (C=O) groups is 2. The van der Waals surface area contributed by atoms with E-state index in [1.165, 1.54) is 276 Å². The van der Waals surface area contributed by atoms with Crippen LogP contribution in [0.4, 0.5) is 0 Å². The average molecular weight is 1080 g/mol. The van der Waals surface area contributed by atoms with Gasteiger partial charge < -0.3 is 18.9 Å². The second-order valence-corrected chi connectivity index (χ2v) is 25.3. The Bertz CT molecular complexity index is 1270. The minimum absolute atomic E-state index is 0.0365. The van der Waals surface area contributed by atoms with Crippen LogP contribution in [0.15, 0.2) is 12.2 Å². The number of phosphoric acid groups is 1. The first kappa shape index (κ1) is 73.8. The van der Waals surface area contributed by atoms with Gasteiger partial charge in [0.2, 0.25) is 0 Å². The van der Waals surface area contributed by atoms with Crippen molar-refractivity contribution >= 4 is 19.8 Å². The molecule has 0 aliphatic carbocycles. The summed E-state index contributed by atoms with van der Waals surface area (Å²) >= 11 is 0. The number of esters is 2. The molecular formula is C65H129NO8P+. The maximum Gasteiger partial charge on any atom is 0.472 e. The molecule has 0 fully saturated rings. The normalized spacial score (nSPS) is 13.2. The fourth-order valence-electron chi connectivity index (χ4n) is 9.96. The molecule has 10 heteroatoms. The van der Waals surface area contributed by atoms with E-state index in [2.05, 4.69) is 26.0 Å². The lowest BCUT2D eigenvalue weighted by Gasteiger charge is -2.24. The molecule has 0 aromatic carbocycles. The Labute approximate surface area is 466 Å². The number of ether oxygens (including phenoxy) is 2. The van der Waals surface area contributed by atoms with Gasteiger partial charge in [0.1, 0.15) is 19.8 Å². The zero-order chi connectivity index (χ0) is 54.9. The standard InChI is InChI=1S/C65H128NO8P/c1-6-8-10-12-14-16-18-19-20-21-22-23-24-25-26-27-28-29-30-31-32-33-34-35-36-37-38-39-40-41-42-43-44-45-46-47-48-50-52-54-56-58-65(68)74-63(62-73-75(69,70)72-60-59-66(3,4)5)61-71-64(67)57-55-53-51-49-17-15-13-11-9-7-2/h21-22,63H,6-20,23-62H2,1-5H3/p+1/b22-21-. The lowest BCUT2D eigenvalue weighted by atomic mass is 10.0. The largest absolute Gasteiger partial charge is 0.472 e. The van der Waals surface area contributed by atoms with Crippen molar-refractivity contribution < 1.29 is 42.1 Å². The van der Waals surface area contributed by atoms with Crippen LogP contribution < -0.4 is 0 Å². The maximum absolute atomic E-state index is 12.8. The molecule has 0 bridgehead atoms. The molecule has 446 valence electrons. The van der Waals surface area contributed by atoms with Crippen LogP contribution >= 0.6 is 7.82 Å². The molecule has 2 unspecified atom stereocenters. The number of allylic oxidation sites excluding steroid dienone is 2. The van der Waals surface area contributed by atoms with E-state index in [1.54, 1.807) is 0 Å². The summed E-state index contributed by atoms with van der Waals surface area (Å²) in [5, 5.41) is 0. The van der Waals surface area contributed by atoms with Gasteiger partial charge in [0.25, 0.3) is 0 Å². The Balaban J connectivity index is 3.75. The number of likely N-dealkylation sites (N-methyl/N-ethyl adjacent to an activating group) is 1. The SMILES string of the molecule is CCCCCCCCCC/C=C\CCCCCCCCCCCCCCCCCCCCCCCCCCCCCCCC(=O)OC(COC(=O)CCCCCCCCCCCC)COP(=O)(O)OCC[N+](C)(C)C. The van der Waals surface area contributed by atoms with Gasteiger partial charge in [-0.05, 0) is 38.5 Å². The molecule has 0 saturated heterocycles. The molecule has 75 heavy (non-hydrogen) atoms. The number of quaternary nitrogens is 1. The van der Waals surface area contributed by atoms with E-state index in [1.807, 2.05) is 21.1 Å². The molecule has 0 aliphatic rings. The van der Waals surface area contributed by atoms with Gasteiger partial charge in [-0.25, -0.2) is 4.57 Å². The second kappa shape index (κ2) is 57.4. The van der Waals surface area contributed by atoms with Crippen molar-refractivity contribution in [2.45, 2.75) is 347 Å². The second-order valence-electron chi connectivity index (χ2n) is 23.9. The van der Waals surface area contributed by atoms with Gasteiger partial charge in [0.15, 0.2) is 6.10 Å². The van der Waals surface area contributed by atoms with E-state index >= 15 is 0 Å². The van der Waals surface area contributed by atoms with Gasteiger partial charge in [-0.1, -0.05) is 302 Å². The number of hydrogen-bond acceptors (Lipinski definition) is 7. The molecule has 0 aromatic rings. The summed E-state index contributed by atoms with van der Waals surface area (Å²) in [6, 6.07) is 0. The summed E-state index contributed by atoms with van der Waals surface area (Å²) in [6.07, 6.45) is 69.3. The van der Waals surface area contributed by atoms with Crippen molar-refractivity contribution in [3.8, 4) is 0 Å². The zero-order valence-corrected chi connectivity index (χ0v) is 51.7. The zero-order valence-electron chi connectivity index (χ0n) is 50.8. The number of rotatable bonds is 62. The van der Waals surface area contributed by atoms with Crippen molar-refractivity contribution in [1.82, 2.24) is 0 Å². The van der Waals surface area contributed by atoms with Gasteiger partial charge in [0, 0.05) is 12.8 Å². The molecule has 0 saturated carbocycles. The highest BCUT2D eigenvalue weighted by atomic mass is 31.2. The van der Waals surface area contributed by atoms with Gasteiger partial charge in [-0.2, -0.15) is 0 Å². The van der Waals surface area contributed by atoms with E-state index < -0.39 is 26.5 Å². The highest BCUT2D eigenvalue weighted by Crippen LogP contribution is 2.43. The first-order valence-electron chi connectivity index (χ1n) is 32.9. The highest BCUT2D eigenvalue weighted by molar-refractivity contribution is 7.47. The van der Waals surface area contributed by atoms with E-state index in [9.17, 15) is 19.0 Å². The van der Waals surface area contributed by atoms with Crippen molar-refractivity contribution in [2.75, 3.05) is 47.5 Å². The van der Waals surface area contributed by atoms with E-state index in [4.69, 9.17) is 18.5 Å². The molecule has 0 spiro atoms. The van der Waals surface area contributed by atoms with Crippen LogP contribution in [0, 0.1) is 0 Å². The first-order chi connectivity index (χ1) is 36.5. The van der Waals surface area contributed by atoms with Crippen LogP contribution in [0.1, 0.15) is 341 Å². The monoisotopic (exact) mass is 1080 g/mol. The number of unbranched alkanes of at least 4 members (excludes halogenated alkanes) is 46. The summed E-state index contributed by atoms with van der Waals surface area (Å²) < 4.78 is 34.5. The van der Waals surface area contributed by atoms with Crippen molar-refractivity contribution in [2.24, 2.45) is 0 Å². The fraction of sp³-hybridized carbons (Fsp3) is 0.938. The summed E-state index contributed by atoms with van der Waals surface area (Å²) in [5.41, 5.74) is 0. The van der Waals surface area contributed by atoms with Crippen LogP contribution in [0.3, 0.4) is 0 Å². The number of nitrogens with zero attached hydrogens (tertiary/aromatic N) is 1. The van der Waals surface area contributed by atoms with E-state index in [0.717, 1.165) is 38.5 Å². The van der Waals surface area contributed by atoms with Crippen LogP contribution in [0.5, 0.6) is 0 Å². The summed E-state index contributed by atoms with van der Waals surface area (Å²) in [7, 11) is 1.50. The predicted octanol–water partition coefficient (Wildman–Crippen LogP) is 20.8. The molecule has 0 radical (unpaired) electrons. The third-order valence-electron chi connectivity index (χ3n) is 15.0. The number of hydrogen-bond donors (Lipinski definition) is 1. The lowest BCUT2D eigenvalue weighted by molar-refractivity contribution is -0.870. The number of carbonyl (C=O) groups excluding carboxylic acids is 2. The molecule has 0 aromatic heterocycles. The van der Waals surface area contributed by atoms with Crippen LogP contribution in [-0.4, -0.2) is 74.9 Å². The Hall–Kier alpha value is -1.25. The van der Waals surface area contributed by atoms with E-state index in [-0.39, 0.29) is 25.6 Å². The highest BCUT2D eigenvalue weighted by Gasteiger charge is 2.27. The van der Waals surface area contributed by atoms with E-state index in [0.29, 0.717) is 17.4 Å². The quantitative estimate of drug-likeness (QED) is 0.0211. The van der Waals surface area contributed by atoms with Crippen molar-refractivity contribution in [1.29, 1.82) is 0 Å². The van der Waals surface area contributed by atoms with Crippen LogP contribution in [0.2, 0.25) is 0 Å². The van der Waals surface area contributed by atoms with Gasteiger partial charge in [-0.3, -0.25) is 18.6 Å². The van der Waals surface area contributed by atoms with Crippen LogP contribution in [-0.2, 0) is 32.7 Å². The van der Waals surface area contributed by atoms with Crippen molar-refractivity contribution in [3.63, 3.8) is 0 Å². The Morgan fingerprint density at radius 1 is 0.400 bits per heavy atom. The first-order valence-corrected chi connectivity index (χ1v) is 34.4. The van der Waals surface area contributed by atoms with Crippen LogP contribution in [0.25, 0.3) is 0 Å². The van der Waals surface area contributed by atoms with Gasteiger partial charge >= 0.3 is 19.8 Å². The molecule has 0 amide bonds. The van der Waals surface area contributed by atoms with Crippen molar-refractivity contribution in [3.05, 3.63) is 12.2 Å².